The summed E-state index contributed by atoms with van der Waals surface area (Å²) in [5, 5.41) is 15.1. The standard InChI is InChI=1S/C22H20F2N4O2/c1-30-21-13(7-20-22(23,24)8-17(21)28-20)4-15-10-27-18(11-26-15)16-5-12-2-3-25-9-14(12)6-19(16)29/h2-6,9-11,17,20-21,28-29H,7-8H2,1H3/b13-4-/t17-,20-,21-/m1/s1. The van der Waals surface area contributed by atoms with Crippen molar-refractivity contribution in [3.63, 3.8) is 0 Å². The fourth-order valence-electron chi connectivity index (χ4n) is 4.42. The second-order valence-corrected chi connectivity index (χ2v) is 7.79. The fourth-order valence-corrected chi connectivity index (χ4v) is 4.42. The number of aromatic nitrogens is 3. The van der Waals surface area contributed by atoms with E-state index in [1.165, 1.54) is 7.11 Å². The van der Waals surface area contributed by atoms with Crippen LogP contribution in [0.15, 0.2) is 48.6 Å². The highest BCUT2D eigenvalue weighted by Gasteiger charge is 2.54. The Kier molecular flexibility index (Phi) is 4.48. The predicted molar refractivity (Wildman–Crippen MR) is 108 cm³/mol. The Morgan fingerprint density at radius 1 is 1.20 bits per heavy atom. The molecule has 0 aliphatic carbocycles. The van der Waals surface area contributed by atoms with Crippen molar-refractivity contribution in [2.24, 2.45) is 0 Å². The molecule has 2 aliphatic heterocycles. The minimum absolute atomic E-state index is 0.0903. The fraction of sp³-hybridized carbons (Fsp3) is 0.318. The quantitative estimate of drug-likeness (QED) is 0.687. The number of aromatic hydroxyl groups is 1. The smallest absolute Gasteiger partial charge is 0.265 e. The second-order valence-electron chi connectivity index (χ2n) is 7.79. The molecule has 154 valence electrons. The number of piperidine rings is 1. The molecule has 0 radical (unpaired) electrons. The molecule has 2 bridgehead atoms. The topological polar surface area (TPSA) is 80.2 Å². The number of nitrogens with one attached hydrogen (secondary N) is 1. The van der Waals surface area contributed by atoms with Gasteiger partial charge in [-0.15, -0.1) is 0 Å². The van der Waals surface area contributed by atoms with Gasteiger partial charge < -0.3 is 15.2 Å². The van der Waals surface area contributed by atoms with Crippen LogP contribution in [0.5, 0.6) is 5.75 Å². The first kappa shape index (κ1) is 19.0. The van der Waals surface area contributed by atoms with E-state index in [9.17, 15) is 13.9 Å². The summed E-state index contributed by atoms with van der Waals surface area (Å²) in [5.74, 6) is -2.65. The summed E-state index contributed by atoms with van der Waals surface area (Å²) in [7, 11) is 1.53. The number of rotatable bonds is 3. The number of benzene rings is 1. The summed E-state index contributed by atoms with van der Waals surface area (Å²) in [6.07, 6.45) is 7.84. The summed E-state index contributed by atoms with van der Waals surface area (Å²) in [5.41, 5.74) is 2.43. The minimum atomic E-state index is -2.74. The summed E-state index contributed by atoms with van der Waals surface area (Å²) >= 11 is 0. The number of halogens is 2. The minimum Gasteiger partial charge on any atom is -0.507 e. The molecule has 0 spiro atoms. The molecule has 30 heavy (non-hydrogen) atoms. The van der Waals surface area contributed by atoms with Gasteiger partial charge in [-0.3, -0.25) is 15.0 Å². The monoisotopic (exact) mass is 410 g/mol. The van der Waals surface area contributed by atoms with E-state index in [1.807, 2.05) is 12.1 Å². The molecule has 8 heteroatoms. The maximum atomic E-state index is 14.1. The SMILES string of the molecule is CO[C@@H]1/C(=C\c2cnc(-c3cc4ccncc4cc3O)cn2)C[C@H]2N[C@@H]1CC2(F)F. The molecule has 6 nitrogen and oxygen atoms in total. The van der Waals surface area contributed by atoms with Gasteiger partial charge in [-0.1, -0.05) is 0 Å². The normalized spacial score (nSPS) is 26.4. The number of ether oxygens (including phenoxy) is 1. The molecule has 0 unspecified atom stereocenters. The van der Waals surface area contributed by atoms with Crippen molar-refractivity contribution in [2.45, 2.75) is 37.0 Å². The van der Waals surface area contributed by atoms with E-state index in [1.54, 1.807) is 36.9 Å². The van der Waals surface area contributed by atoms with Crippen LogP contribution in [-0.4, -0.2) is 51.3 Å². The average Bonchev–Trinajstić information content (AvgIpc) is 2.97. The first-order valence-electron chi connectivity index (χ1n) is 9.71. The maximum Gasteiger partial charge on any atom is 0.265 e. The number of hydrogen-bond acceptors (Lipinski definition) is 6. The molecule has 4 heterocycles. The van der Waals surface area contributed by atoms with Crippen LogP contribution in [0.4, 0.5) is 8.78 Å². The van der Waals surface area contributed by atoms with Gasteiger partial charge in [0.1, 0.15) is 5.75 Å². The number of fused-ring (bicyclic) bond motifs is 3. The van der Waals surface area contributed by atoms with Crippen LogP contribution < -0.4 is 5.32 Å². The van der Waals surface area contributed by atoms with Crippen LogP contribution in [-0.2, 0) is 4.74 Å². The van der Waals surface area contributed by atoms with Crippen molar-refractivity contribution in [2.75, 3.05) is 7.11 Å². The highest BCUT2D eigenvalue weighted by Crippen LogP contribution is 2.42. The number of hydrogen-bond donors (Lipinski definition) is 2. The average molecular weight is 410 g/mol. The van der Waals surface area contributed by atoms with E-state index in [-0.39, 0.29) is 18.6 Å². The Hall–Kier alpha value is -2.97. The Balaban J connectivity index is 1.45. The van der Waals surface area contributed by atoms with Crippen molar-refractivity contribution in [1.29, 1.82) is 0 Å². The lowest BCUT2D eigenvalue weighted by molar-refractivity contribution is -0.00999. The van der Waals surface area contributed by atoms with Gasteiger partial charge in [-0.2, -0.15) is 0 Å². The first-order valence-corrected chi connectivity index (χ1v) is 9.71. The molecule has 2 saturated heterocycles. The van der Waals surface area contributed by atoms with Crippen molar-refractivity contribution in [3.8, 4) is 17.0 Å². The van der Waals surface area contributed by atoms with Gasteiger partial charge in [0.15, 0.2) is 0 Å². The predicted octanol–water partition coefficient (Wildman–Crippen LogP) is 3.57. The van der Waals surface area contributed by atoms with Crippen molar-refractivity contribution < 1.29 is 18.6 Å². The molecule has 0 amide bonds. The molecule has 2 aromatic heterocycles. The van der Waals surface area contributed by atoms with E-state index < -0.39 is 24.1 Å². The molecule has 3 aromatic rings. The van der Waals surface area contributed by atoms with Crippen LogP contribution in [0.3, 0.4) is 0 Å². The molecule has 2 fully saturated rings. The third-order valence-electron chi connectivity index (χ3n) is 5.88. The first-order chi connectivity index (χ1) is 14.4. The lowest BCUT2D eigenvalue weighted by atomic mass is 9.94. The van der Waals surface area contributed by atoms with Crippen LogP contribution in [0, 0.1) is 0 Å². The van der Waals surface area contributed by atoms with Crippen LogP contribution in [0.1, 0.15) is 18.5 Å². The number of pyridine rings is 1. The lowest BCUT2D eigenvalue weighted by Gasteiger charge is -2.31. The van der Waals surface area contributed by atoms with Gasteiger partial charge in [0.25, 0.3) is 5.92 Å². The van der Waals surface area contributed by atoms with Gasteiger partial charge in [-0.25, -0.2) is 8.78 Å². The van der Waals surface area contributed by atoms with E-state index >= 15 is 0 Å². The summed E-state index contributed by atoms with van der Waals surface area (Å²) < 4.78 is 33.7. The van der Waals surface area contributed by atoms with Gasteiger partial charge in [0, 0.05) is 42.9 Å². The van der Waals surface area contributed by atoms with E-state index in [2.05, 4.69) is 20.3 Å². The van der Waals surface area contributed by atoms with Gasteiger partial charge >= 0.3 is 0 Å². The molecule has 5 rings (SSSR count). The molecular formula is C22H20F2N4O2. The number of alkyl halides is 2. The number of phenolic OH excluding ortho intramolecular Hbond substituents is 1. The van der Waals surface area contributed by atoms with E-state index in [0.29, 0.717) is 17.0 Å². The molecule has 3 atom stereocenters. The third-order valence-corrected chi connectivity index (χ3v) is 5.88. The molecule has 0 saturated carbocycles. The van der Waals surface area contributed by atoms with Gasteiger partial charge in [-0.05, 0) is 41.7 Å². The largest absolute Gasteiger partial charge is 0.507 e. The summed E-state index contributed by atoms with van der Waals surface area (Å²) in [6.45, 7) is 0. The Labute approximate surface area is 171 Å². The maximum absolute atomic E-state index is 14.1. The van der Waals surface area contributed by atoms with Gasteiger partial charge in [0.05, 0.1) is 35.9 Å². The Morgan fingerprint density at radius 2 is 2.07 bits per heavy atom. The Morgan fingerprint density at radius 3 is 2.83 bits per heavy atom. The van der Waals surface area contributed by atoms with Gasteiger partial charge in [0.2, 0.25) is 0 Å². The van der Waals surface area contributed by atoms with E-state index in [0.717, 1.165) is 16.3 Å². The van der Waals surface area contributed by atoms with Crippen molar-refractivity contribution in [3.05, 3.63) is 54.3 Å². The summed E-state index contributed by atoms with van der Waals surface area (Å²) in [4.78, 5) is 12.9. The number of methoxy groups -OCH3 is 1. The van der Waals surface area contributed by atoms with Crippen LogP contribution in [0.25, 0.3) is 28.1 Å². The summed E-state index contributed by atoms with van der Waals surface area (Å²) in [6, 6.07) is 4.05. The van der Waals surface area contributed by atoms with Crippen LogP contribution >= 0.6 is 0 Å². The molecule has 2 aliphatic rings. The Bertz CT molecular complexity index is 1130. The number of nitrogens with zero attached hydrogens (tertiary/aromatic N) is 3. The highest BCUT2D eigenvalue weighted by molar-refractivity contribution is 5.89. The van der Waals surface area contributed by atoms with Crippen LogP contribution in [0.2, 0.25) is 0 Å². The van der Waals surface area contributed by atoms with E-state index in [4.69, 9.17) is 4.74 Å². The zero-order valence-electron chi connectivity index (χ0n) is 16.2. The third kappa shape index (κ3) is 3.22. The highest BCUT2D eigenvalue weighted by atomic mass is 19.3. The number of phenols is 1. The molecule has 1 aromatic carbocycles. The van der Waals surface area contributed by atoms with Crippen molar-refractivity contribution >= 4 is 16.8 Å². The zero-order chi connectivity index (χ0) is 20.9. The molecular weight excluding hydrogens is 390 g/mol. The molecule has 2 N–H and O–H groups in total. The van der Waals surface area contributed by atoms with Crippen molar-refractivity contribution in [1.82, 2.24) is 20.3 Å². The zero-order valence-corrected chi connectivity index (χ0v) is 16.2. The second kappa shape index (κ2) is 7.07. The lowest BCUT2D eigenvalue weighted by Crippen LogP contribution is -2.47.